The lowest BCUT2D eigenvalue weighted by Gasteiger charge is -2.05. The largest absolute Gasteiger partial charge is 0.508 e. The van der Waals surface area contributed by atoms with Gasteiger partial charge in [-0.25, -0.2) is 4.39 Å². The fourth-order valence-electron chi connectivity index (χ4n) is 1.52. The third-order valence-corrected chi connectivity index (χ3v) is 2.38. The molecule has 0 saturated heterocycles. The Bertz CT molecular complexity index is 492. The molecule has 0 aliphatic carbocycles. The average Bonchev–Trinajstić information content (AvgIpc) is 2.23. The van der Waals surface area contributed by atoms with Gasteiger partial charge in [0.15, 0.2) is 0 Å². The summed E-state index contributed by atoms with van der Waals surface area (Å²) in [4.78, 5) is 0. The number of rotatable bonds is 1. The third kappa shape index (κ3) is 1.84. The molecule has 2 aromatic rings. The topological polar surface area (TPSA) is 20.2 Å². The number of benzene rings is 2. The maximum Gasteiger partial charge on any atom is 0.131 e. The van der Waals surface area contributed by atoms with Crippen LogP contribution in [-0.4, -0.2) is 5.11 Å². The van der Waals surface area contributed by atoms with Crippen molar-refractivity contribution in [3.05, 3.63) is 53.8 Å². The fraction of sp³-hybridized carbons (Fsp3) is 0.0769. The molecule has 0 unspecified atom stereocenters. The lowest BCUT2D eigenvalue weighted by atomic mass is 10.0. The van der Waals surface area contributed by atoms with Crippen molar-refractivity contribution in [1.82, 2.24) is 0 Å². The van der Waals surface area contributed by atoms with Gasteiger partial charge in [-0.05, 0) is 36.2 Å². The molecule has 0 radical (unpaired) electrons. The summed E-state index contributed by atoms with van der Waals surface area (Å²) in [6.45, 7) is 1.79. The monoisotopic (exact) mass is 202 g/mol. The van der Waals surface area contributed by atoms with E-state index in [-0.39, 0.29) is 11.6 Å². The van der Waals surface area contributed by atoms with Crippen LogP contribution in [0.4, 0.5) is 4.39 Å². The van der Waals surface area contributed by atoms with Gasteiger partial charge in [0.2, 0.25) is 0 Å². The van der Waals surface area contributed by atoms with Crippen LogP contribution < -0.4 is 0 Å². The molecular formula is C13H11FO. The van der Waals surface area contributed by atoms with E-state index in [2.05, 4.69) is 0 Å². The molecule has 0 atom stereocenters. The van der Waals surface area contributed by atoms with Gasteiger partial charge < -0.3 is 5.11 Å². The first-order valence-corrected chi connectivity index (χ1v) is 4.73. The number of hydrogen-bond acceptors (Lipinski definition) is 1. The van der Waals surface area contributed by atoms with Gasteiger partial charge in [-0.2, -0.15) is 0 Å². The zero-order valence-corrected chi connectivity index (χ0v) is 8.37. The van der Waals surface area contributed by atoms with E-state index in [4.69, 9.17) is 0 Å². The molecule has 2 heteroatoms. The maximum atomic E-state index is 13.4. The lowest BCUT2D eigenvalue weighted by Crippen LogP contribution is -1.84. The average molecular weight is 202 g/mol. The second-order valence-electron chi connectivity index (χ2n) is 3.48. The van der Waals surface area contributed by atoms with Crippen LogP contribution in [0.1, 0.15) is 5.56 Å². The Balaban J connectivity index is 2.55. The van der Waals surface area contributed by atoms with Crippen LogP contribution in [0.25, 0.3) is 11.1 Å². The molecule has 76 valence electrons. The Morgan fingerprint density at radius 1 is 1.07 bits per heavy atom. The van der Waals surface area contributed by atoms with Crippen molar-refractivity contribution in [2.45, 2.75) is 6.92 Å². The zero-order chi connectivity index (χ0) is 10.8. The van der Waals surface area contributed by atoms with Crippen LogP contribution in [0.3, 0.4) is 0 Å². The number of phenolic OH excluding ortho intramolecular Hbond substituents is 1. The molecule has 0 spiro atoms. The van der Waals surface area contributed by atoms with Gasteiger partial charge in [-0.15, -0.1) is 0 Å². The highest BCUT2D eigenvalue weighted by molar-refractivity contribution is 5.66. The first-order chi connectivity index (χ1) is 7.18. The summed E-state index contributed by atoms with van der Waals surface area (Å²) in [5, 5.41) is 9.37. The van der Waals surface area contributed by atoms with Gasteiger partial charge in [0.05, 0.1) is 0 Å². The summed E-state index contributed by atoms with van der Waals surface area (Å²) in [6.07, 6.45) is 0. The van der Waals surface area contributed by atoms with Gasteiger partial charge in [-0.1, -0.05) is 24.3 Å². The van der Waals surface area contributed by atoms with Gasteiger partial charge in [0.1, 0.15) is 11.6 Å². The molecule has 0 heterocycles. The van der Waals surface area contributed by atoms with Crippen LogP contribution in [0, 0.1) is 12.7 Å². The van der Waals surface area contributed by atoms with E-state index in [0.717, 1.165) is 11.1 Å². The van der Waals surface area contributed by atoms with E-state index in [0.29, 0.717) is 5.56 Å². The minimum atomic E-state index is -0.248. The SMILES string of the molecule is Cc1cc(-c2ccccc2F)ccc1O. The molecule has 0 fully saturated rings. The highest BCUT2D eigenvalue weighted by Gasteiger charge is 2.05. The Kier molecular flexibility index (Phi) is 2.42. The third-order valence-electron chi connectivity index (χ3n) is 2.38. The predicted octanol–water partition coefficient (Wildman–Crippen LogP) is 3.51. The van der Waals surface area contributed by atoms with Crippen molar-refractivity contribution in [3.63, 3.8) is 0 Å². The zero-order valence-electron chi connectivity index (χ0n) is 8.37. The minimum Gasteiger partial charge on any atom is -0.508 e. The molecule has 0 aromatic heterocycles. The summed E-state index contributed by atoms with van der Waals surface area (Å²) in [6, 6.07) is 11.7. The summed E-state index contributed by atoms with van der Waals surface area (Å²) >= 11 is 0. The summed E-state index contributed by atoms with van der Waals surface area (Å²) in [5.74, 6) is -0.0160. The Morgan fingerprint density at radius 3 is 2.47 bits per heavy atom. The first-order valence-electron chi connectivity index (χ1n) is 4.73. The number of hydrogen-bond donors (Lipinski definition) is 1. The molecule has 15 heavy (non-hydrogen) atoms. The molecule has 1 nitrogen and oxygen atoms in total. The van der Waals surface area contributed by atoms with Gasteiger partial charge in [0.25, 0.3) is 0 Å². The van der Waals surface area contributed by atoms with E-state index in [1.54, 1.807) is 43.3 Å². The summed E-state index contributed by atoms with van der Waals surface area (Å²) in [7, 11) is 0. The predicted molar refractivity (Wildman–Crippen MR) is 58.2 cm³/mol. The van der Waals surface area contributed by atoms with Crippen molar-refractivity contribution >= 4 is 0 Å². The first kappa shape index (κ1) is 9.71. The van der Waals surface area contributed by atoms with Crippen molar-refractivity contribution in [2.75, 3.05) is 0 Å². The minimum absolute atomic E-state index is 0.232. The van der Waals surface area contributed by atoms with E-state index < -0.39 is 0 Å². The number of aromatic hydroxyl groups is 1. The second kappa shape index (κ2) is 3.73. The Labute approximate surface area is 87.8 Å². The Hall–Kier alpha value is -1.83. The van der Waals surface area contributed by atoms with Crippen LogP contribution in [-0.2, 0) is 0 Å². The van der Waals surface area contributed by atoms with E-state index in [1.807, 2.05) is 0 Å². The molecule has 0 saturated carbocycles. The lowest BCUT2D eigenvalue weighted by molar-refractivity contribution is 0.471. The van der Waals surface area contributed by atoms with Crippen LogP contribution in [0.15, 0.2) is 42.5 Å². The Morgan fingerprint density at radius 2 is 1.80 bits per heavy atom. The second-order valence-corrected chi connectivity index (χ2v) is 3.48. The molecule has 0 bridgehead atoms. The summed E-state index contributed by atoms with van der Waals surface area (Å²) in [5.41, 5.74) is 2.08. The van der Waals surface area contributed by atoms with Crippen LogP contribution in [0.5, 0.6) is 5.75 Å². The van der Waals surface area contributed by atoms with E-state index >= 15 is 0 Å². The smallest absolute Gasteiger partial charge is 0.131 e. The standard InChI is InChI=1S/C13H11FO/c1-9-8-10(6-7-13(9)15)11-4-2-3-5-12(11)14/h2-8,15H,1H3. The maximum absolute atomic E-state index is 13.4. The van der Waals surface area contributed by atoms with Crippen molar-refractivity contribution < 1.29 is 9.50 Å². The molecule has 0 aliphatic rings. The normalized spacial score (nSPS) is 10.3. The van der Waals surface area contributed by atoms with Crippen molar-refractivity contribution in [3.8, 4) is 16.9 Å². The molecule has 2 rings (SSSR count). The number of halogens is 1. The quantitative estimate of drug-likeness (QED) is 0.750. The molecule has 1 N–H and O–H groups in total. The highest BCUT2D eigenvalue weighted by atomic mass is 19.1. The van der Waals surface area contributed by atoms with Gasteiger partial charge in [0, 0.05) is 5.56 Å². The van der Waals surface area contributed by atoms with E-state index in [1.165, 1.54) is 6.07 Å². The van der Waals surface area contributed by atoms with Crippen molar-refractivity contribution in [1.29, 1.82) is 0 Å². The highest BCUT2D eigenvalue weighted by Crippen LogP contribution is 2.26. The fourth-order valence-corrected chi connectivity index (χ4v) is 1.52. The number of phenols is 1. The van der Waals surface area contributed by atoms with Crippen LogP contribution in [0.2, 0.25) is 0 Å². The van der Waals surface area contributed by atoms with E-state index in [9.17, 15) is 9.50 Å². The molecule has 0 amide bonds. The number of aryl methyl sites for hydroxylation is 1. The van der Waals surface area contributed by atoms with Crippen molar-refractivity contribution in [2.24, 2.45) is 0 Å². The summed E-state index contributed by atoms with van der Waals surface area (Å²) < 4.78 is 13.4. The van der Waals surface area contributed by atoms with Gasteiger partial charge in [-0.3, -0.25) is 0 Å². The van der Waals surface area contributed by atoms with Crippen LogP contribution >= 0.6 is 0 Å². The molecule has 2 aromatic carbocycles. The molecule has 0 aliphatic heterocycles. The molecular weight excluding hydrogens is 191 g/mol. The van der Waals surface area contributed by atoms with Gasteiger partial charge >= 0.3 is 0 Å².